The average Bonchev–Trinajstić information content (AvgIpc) is 2.18. The standard InChI is InChI=1S/C3H8N4OS/c8-2-1-7-3(9)4-5-6-7/h5-6,8H,1-2H2,(H,4,9). The number of aliphatic hydroxyl groups is 1. The summed E-state index contributed by atoms with van der Waals surface area (Å²) >= 11 is 4.78. The highest BCUT2D eigenvalue weighted by Crippen LogP contribution is 1.84. The molecule has 52 valence electrons. The lowest BCUT2D eigenvalue weighted by molar-refractivity contribution is 0.215. The second kappa shape index (κ2) is 2.92. The maximum absolute atomic E-state index is 8.45. The van der Waals surface area contributed by atoms with Crippen molar-refractivity contribution in [3.8, 4) is 0 Å². The van der Waals surface area contributed by atoms with Gasteiger partial charge in [0.2, 0.25) is 0 Å². The van der Waals surface area contributed by atoms with Gasteiger partial charge < -0.3 is 5.11 Å². The molecular weight excluding hydrogens is 140 g/mol. The summed E-state index contributed by atoms with van der Waals surface area (Å²) in [6.07, 6.45) is 0. The number of hydrazine groups is 3. The molecule has 0 bridgehead atoms. The van der Waals surface area contributed by atoms with Crippen molar-refractivity contribution < 1.29 is 5.11 Å². The Labute approximate surface area is 57.9 Å². The van der Waals surface area contributed by atoms with Crippen LogP contribution >= 0.6 is 12.2 Å². The van der Waals surface area contributed by atoms with Crippen LogP contribution in [0.3, 0.4) is 0 Å². The summed E-state index contributed by atoms with van der Waals surface area (Å²) in [6.45, 7) is 0.565. The summed E-state index contributed by atoms with van der Waals surface area (Å²) in [5.74, 6) is 0. The van der Waals surface area contributed by atoms with E-state index in [0.29, 0.717) is 11.7 Å². The van der Waals surface area contributed by atoms with Crippen LogP contribution in [0, 0.1) is 0 Å². The van der Waals surface area contributed by atoms with Gasteiger partial charge in [0.25, 0.3) is 0 Å². The minimum Gasteiger partial charge on any atom is -0.394 e. The van der Waals surface area contributed by atoms with Gasteiger partial charge in [0.1, 0.15) is 0 Å². The SMILES string of the molecule is OCCN1NNNC1=S. The first-order chi connectivity index (χ1) is 4.34. The van der Waals surface area contributed by atoms with Gasteiger partial charge in [0.15, 0.2) is 5.11 Å². The molecule has 0 spiro atoms. The lowest BCUT2D eigenvalue weighted by atomic mass is 10.7. The minimum absolute atomic E-state index is 0.0799. The summed E-state index contributed by atoms with van der Waals surface area (Å²) in [5.41, 5.74) is 7.90. The van der Waals surface area contributed by atoms with Crippen molar-refractivity contribution in [1.82, 2.24) is 21.5 Å². The molecule has 1 rings (SSSR count). The molecule has 0 aliphatic carbocycles. The Morgan fingerprint density at radius 2 is 2.44 bits per heavy atom. The topological polar surface area (TPSA) is 59.6 Å². The van der Waals surface area contributed by atoms with Crippen molar-refractivity contribution in [3.63, 3.8) is 0 Å². The van der Waals surface area contributed by atoms with Crippen molar-refractivity contribution in [2.24, 2.45) is 0 Å². The van der Waals surface area contributed by atoms with Crippen LogP contribution in [0.25, 0.3) is 0 Å². The molecule has 0 aromatic heterocycles. The van der Waals surface area contributed by atoms with E-state index in [4.69, 9.17) is 17.3 Å². The number of rotatable bonds is 2. The van der Waals surface area contributed by atoms with Gasteiger partial charge in [0.05, 0.1) is 13.2 Å². The minimum atomic E-state index is 0.0799. The van der Waals surface area contributed by atoms with E-state index >= 15 is 0 Å². The van der Waals surface area contributed by atoms with Crippen molar-refractivity contribution in [1.29, 1.82) is 0 Å². The Balaban J connectivity index is 2.31. The van der Waals surface area contributed by atoms with E-state index in [-0.39, 0.29) is 6.61 Å². The third-order valence-corrected chi connectivity index (χ3v) is 1.25. The largest absolute Gasteiger partial charge is 0.394 e. The molecule has 0 saturated carbocycles. The van der Waals surface area contributed by atoms with Gasteiger partial charge in [-0.05, 0) is 12.2 Å². The highest BCUT2D eigenvalue weighted by molar-refractivity contribution is 7.80. The highest BCUT2D eigenvalue weighted by atomic mass is 32.1. The maximum Gasteiger partial charge on any atom is 0.200 e. The van der Waals surface area contributed by atoms with Crippen molar-refractivity contribution >= 4 is 17.3 Å². The summed E-state index contributed by atoms with van der Waals surface area (Å²) in [5, 5.41) is 10.6. The molecule has 1 heterocycles. The molecule has 0 aromatic rings. The number of hydrogen-bond acceptors (Lipinski definition) is 4. The van der Waals surface area contributed by atoms with E-state index < -0.39 is 0 Å². The predicted molar refractivity (Wildman–Crippen MR) is 35.8 cm³/mol. The zero-order valence-electron chi connectivity index (χ0n) is 4.72. The first-order valence-corrected chi connectivity index (χ1v) is 2.94. The smallest absolute Gasteiger partial charge is 0.200 e. The van der Waals surface area contributed by atoms with E-state index in [9.17, 15) is 0 Å². The third-order valence-electron chi connectivity index (χ3n) is 0.929. The Morgan fingerprint density at radius 3 is 2.89 bits per heavy atom. The first-order valence-electron chi connectivity index (χ1n) is 2.53. The molecule has 1 aliphatic rings. The Hall–Kier alpha value is -0.430. The van der Waals surface area contributed by atoms with Gasteiger partial charge in [-0.3, -0.25) is 10.4 Å². The zero-order valence-corrected chi connectivity index (χ0v) is 5.53. The van der Waals surface area contributed by atoms with E-state index in [1.165, 1.54) is 0 Å². The molecule has 0 amide bonds. The van der Waals surface area contributed by atoms with Crippen LogP contribution in [0.15, 0.2) is 0 Å². The van der Waals surface area contributed by atoms with Crippen molar-refractivity contribution in [2.45, 2.75) is 0 Å². The van der Waals surface area contributed by atoms with Gasteiger partial charge in [-0.1, -0.05) is 0 Å². The highest BCUT2D eigenvalue weighted by Gasteiger charge is 2.12. The van der Waals surface area contributed by atoms with E-state index in [1.807, 2.05) is 0 Å². The molecule has 0 aromatic carbocycles. The lowest BCUT2D eigenvalue weighted by Crippen LogP contribution is -2.39. The summed E-state index contributed by atoms with van der Waals surface area (Å²) in [4.78, 5) is 0. The van der Waals surface area contributed by atoms with Gasteiger partial charge in [-0.25, -0.2) is 0 Å². The summed E-state index contributed by atoms with van der Waals surface area (Å²) < 4.78 is 0. The fourth-order valence-electron chi connectivity index (χ4n) is 0.525. The van der Waals surface area contributed by atoms with Gasteiger partial charge in [0, 0.05) is 0 Å². The van der Waals surface area contributed by atoms with E-state index in [2.05, 4.69) is 16.5 Å². The zero-order chi connectivity index (χ0) is 6.69. The molecule has 9 heavy (non-hydrogen) atoms. The fraction of sp³-hybridized carbons (Fsp3) is 0.667. The second-order valence-electron chi connectivity index (χ2n) is 1.54. The van der Waals surface area contributed by atoms with E-state index in [0.717, 1.165) is 0 Å². The number of hydrogen-bond donors (Lipinski definition) is 4. The molecule has 5 nitrogen and oxygen atoms in total. The first kappa shape index (κ1) is 6.69. The number of nitrogens with one attached hydrogen (secondary N) is 3. The van der Waals surface area contributed by atoms with Crippen LogP contribution in [0.4, 0.5) is 0 Å². The fourth-order valence-corrected chi connectivity index (χ4v) is 0.713. The van der Waals surface area contributed by atoms with Gasteiger partial charge in [-0.2, -0.15) is 5.53 Å². The molecule has 0 atom stereocenters. The molecule has 1 saturated heterocycles. The maximum atomic E-state index is 8.45. The normalized spacial score (nSPS) is 18.3. The number of β-amino-alcohol motifs (C(OH)–C–C–N with tert-alkyl or cyclic N) is 1. The predicted octanol–water partition coefficient (Wildman–Crippen LogP) is -1.91. The van der Waals surface area contributed by atoms with Gasteiger partial charge in [-0.15, -0.1) is 5.53 Å². The monoisotopic (exact) mass is 148 g/mol. The summed E-state index contributed by atoms with van der Waals surface area (Å²) in [7, 11) is 0. The van der Waals surface area contributed by atoms with Crippen LogP contribution in [-0.4, -0.2) is 28.4 Å². The molecule has 6 heteroatoms. The Kier molecular flexibility index (Phi) is 2.17. The Bertz CT molecular complexity index is 118. The lowest BCUT2D eigenvalue weighted by Gasteiger charge is -2.11. The molecule has 4 N–H and O–H groups in total. The van der Waals surface area contributed by atoms with Crippen LogP contribution in [0.5, 0.6) is 0 Å². The molecule has 1 aliphatic heterocycles. The quantitative estimate of drug-likeness (QED) is 0.343. The van der Waals surface area contributed by atoms with Crippen molar-refractivity contribution in [3.05, 3.63) is 0 Å². The molecule has 0 unspecified atom stereocenters. The number of aliphatic hydroxyl groups excluding tert-OH is 1. The molecule has 1 fully saturated rings. The number of thiocarbonyl (C=S) groups is 1. The molecule has 0 radical (unpaired) electrons. The van der Waals surface area contributed by atoms with Crippen LogP contribution in [-0.2, 0) is 0 Å². The molecular formula is C3H8N4OS. The van der Waals surface area contributed by atoms with Gasteiger partial charge >= 0.3 is 0 Å². The number of nitrogens with zero attached hydrogens (tertiary/aromatic N) is 1. The van der Waals surface area contributed by atoms with Crippen LogP contribution in [0.1, 0.15) is 0 Å². The summed E-state index contributed by atoms with van der Waals surface area (Å²) in [6, 6.07) is 0. The van der Waals surface area contributed by atoms with Crippen LogP contribution < -0.4 is 16.5 Å². The third kappa shape index (κ3) is 1.49. The average molecular weight is 148 g/mol. The van der Waals surface area contributed by atoms with Crippen molar-refractivity contribution in [2.75, 3.05) is 13.2 Å². The second-order valence-corrected chi connectivity index (χ2v) is 1.93. The van der Waals surface area contributed by atoms with E-state index in [1.54, 1.807) is 5.01 Å². The van der Waals surface area contributed by atoms with Crippen LogP contribution in [0.2, 0.25) is 0 Å². The Morgan fingerprint density at radius 1 is 1.67 bits per heavy atom.